The van der Waals surface area contributed by atoms with E-state index in [9.17, 15) is 4.79 Å². The van der Waals surface area contributed by atoms with Crippen molar-refractivity contribution in [2.24, 2.45) is 5.10 Å². The lowest BCUT2D eigenvalue weighted by atomic mass is 10.2. The quantitative estimate of drug-likeness (QED) is 0.318. The first kappa shape index (κ1) is 23.4. The van der Waals surface area contributed by atoms with Crippen LogP contribution in [0.3, 0.4) is 0 Å². The van der Waals surface area contributed by atoms with E-state index in [1.165, 1.54) is 6.21 Å². The van der Waals surface area contributed by atoms with Gasteiger partial charge < -0.3 is 14.2 Å². The maximum Gasteiger partial charge on any atom is 0.271 e. The van der Waals surface area contributed by atoms with Gasteiger partial charge in [0.15, 0.2) is 11.5 Å². The number of nitrogens with one attached hydrogen (secondary N) is 1. The van der Waals surface area contributed by atoms with Crippen LogP contribution in [0.1, 0.15) is 28.4 Å². The van der Waals surface area contributed by atoms with E-state index in [1.54, 1.807) is 61.7 Å². The minimum Gasteiger partial charge on any atom is -0.494 e. The summed E-state index contributed by atoms with van der Waals surface area (Å²) in [4.78, 5) is 12.2. The van der Waals surface area contributed by atoms with Crippen LogP contribution in [-0.4, -0.2) is 25.8 Å². The fourth-order valence-corrected chi connectivity index (χ4v) is 3.09. The Morgan fingerprint density at radius 2 is 1.75 bits per heavy atom. The summed E-state index contributed by atoms with van der Waals surface area (Å²) < 4.78 is 16.6. The summed E-state index contributed by atoms with van der Waals surface area (Å²) in [5, 5.41) is 4.98. The molecule has 0 aliphatic carbocycles. The number of halogens is 2. The molecule has 3 rings (SSSR count). The first-order valence-electron chi connectivity index (χ1n) is 9.81. The van der Waals surface area contributed by atoms with E-state index < -0.39 is 0 Å². The zero-order valence-electron chi connectivity index (χ0n) is 17.6. The molecule has 0 aromatic heterocycles. The van der Waals surface area contributed by atoms with Crippen LogP contribution in [0.25, 0.3) is 0 Å². The molecule has 32 heavy (non-hydrogen) atoms. The molecule has 0 fully saturated rings. The van der Waals surface area contributed by atoms with Crippen molar-refractivity contribution in [3.63, 3.8) is 0 Å². The molecule has 1 N–H and O–H groups in total. The topological polar surface area (TPSA) is 69.2 Å². The van der Waals surface area contributed by atoms with E-state index in [0.29, 0.717) is 46.1 Å². The molecule has 166 valence electrons. The number of benzene rings is 3. The lowest BCUT2D eigenvalue weighted by Gasteiger charge is -2.11. The maximum atomic E-state index is 12.2. The second-order valence-electron chi connectivity index (χ2n) is 6.60. The molecule has 0 saturated heterocycles. The summed E-state index contributed by atoms with van der Waals surface area (Å²) in [5.41, 5.74) is 4.59. The third-order valence-corrected chi connectivity index (χ3v) is 5.11. The highest BCUT2D eigenvalue weighted by atomic mass is 35.5. The van der Waals surface area contributed by atoms with Crippen LogP contribution in [0.15, 0.2) is 65.8 Å². The highest BCUT2D eigenvalue weighted by Crippen LogP contribution is 2.29. The van der Waals surface area contributed by atoms with E-state index in [-0.39, 0.29) is 5.91 Å². The molecule has 6 nitrogen and oxygen atoms in total. The van der Waals surface area contributed by atoms with E-state index >= 15 is 0 Å². The number of hydrogen-bond acceptors (Lipinski definition) is 5. The SMILES string of the molecule is CCOc1ccc(C(=O)N/N=C/c2ccc(OCc3ccc(Cl)c(Cl)c3)c(OC)c2)cc1. The summed E-state index contributed by atoms with van der Waals surface area (Å²) in [6.45, 7) is 2.77. The van der Waals surface area contributed by atoms with Crippen LogP contribution in [0, 0.1) is 0 Å². The van der Waals surface area contributed by atoms with Gasteiger partial charge in [0.1, 0.15) is 12.4 Å². The third-order valence-electron chi connectivity index (χ3n) is 4.37. The van der Waals surface area contributed by atoms with Gasteiger partial charge in [0.25, 0.3) is 5.91 Å². The lowest BCUT2D eigenvalue weighted by Crippen LogP contribution is -2.17. The number of ether oxygens (including phenoxy) is 3. The second kappa shape index (κ2) is 11.4. The van der Waals surface area contributed by atoms with Crippen molar-refractivity contribution < 1.29 is 19.0 Å². The smallest absolute Gasteiger partial charge is 0.271 e. The minimum absolute atomic E-state index is 0.304. The highest BCUT2D eigenvalue weighted by Gasteiger charge is 2.08. The van der Waals surface area contributed by atoms with Gasteiger partial charge in [-0.25, -0.2) is 5.43 Å². The zero-order chi connectivity index (χ0) is 22.9. The maximum absolute atomic E-state index is 12.2. The Balaban J connectivity index is 1.60. The van der Waals surface area contributed by atoms with Crippen molar-refractivity contribution in [1.82, 2.24) is 5.43 Å². The summed E-state index contributed by atoms with van der Waals surface area (Å²) in [5.74, 6) is 1.49. The molecule has 0 aliphatic rings. The number of hydrazone groups is 1. The summed E-state index contributed by atoms with van der Waals surface area (Å²) >= 11 is 12.0. The summed E-state index contributed by atoms with van der Waals surface area (Å²) in [6.07, 6.45) is 1.53. The minimum atomic E-state index is -0.321. The summed E-state index contributed by atoms with van der Waals surface area (Å²) in [6, 6.07) is 17.5. The Morgan fingerprint density at radius 3 is 2.44 bits per heavy atom. The van der Waals surface area contributed by atoms with Gasteiger partial charge >= 0.3 is 0 Å². The number of hydrogen-bond donors (Lipinski definition) is 1. The Morgan fingerprint density at radius 1 is 0.969 bits per heavy atom. The molecule has 0 atom stereocenters. The van der Waals surface area contributed by atoms with Crippen molar-refractivity contribution in [3.8, 4) is 17.2 Å². The average molecular weight is 473 g/mol. The number of methoxy groups -OCH3 is 1. The monoisotopic (exact) mass is 472 g/mol. The van der Waals surface area contributed by atoms with E-state index in [2.05, 4.69) is 10.5 Å². The van der Waals surface area contributed by atoms with Crippen molar-refractivity contribution in [3.05, 3.63) is 87.4 Å². The van der Waals surface area contributed by atoms with Crippen LogP contribution in [0.2, 0.25) is 10.0 Å². The number of carbonyl (C=O) groups excluding carboxylic acids is 1. The normalized spacial score (nSPS) is 10.8. The molecule has 0 radical (unpaired) electrons. The Hall–Kier alpha value is -3.22. The van der Waals surface area contributed by atoms with Gasteiger partial charge in [-0.3, -0.25) is 4.79 Å². The van der Waals surface area contributed by atoms with Crippen molar-refractivity contribution >= 4 is 35.3 Å². The van der Waals surface area contributed by atoms with Crippen LogP contribution in [0.5, 0.6) is 17.2 Å². The molecular formula is C24H22Cl2N2O4. The number of carbonyl (C=O) groups is 1. The average Bonchev–Trinajstić information content (AvgIpc) is 2.80. The van der Waals surface area contributed by atoms with Gasteiger partial charge in [0.05, 0.1) is 30.0 Å². The number of rotatable bonds is 9. The standard InChI is InChI=1S/C24H22Cl2N2O4/c1-3-31-19-8-6-18(7-9-19)24(29)28-27-14-16-5-11-22(23(13-16)30-2)32-15-17-4-10-20(25)21(26)12-17/h4-14H,3,15H2,1-2H3,(H,28,29)/b27-14+. The van der Waals surface area contributed by atoms with E-state index in [1.807, 2.05) is 13.0 Å². The van der Waals surface area contributed by atoms with Gasteiger partial charge in [-0.05, 0) is 72.6 Å². The lowest BCUT2D eigenvalue weighted by molar-refractivity contribution is 0.0955. The number of amides is 1. The molecule has 0 spiro atoms. The largest absolute Gasteiger partial charge is 0.494 e. The van der Waals surface area contributed by atoms with Gasteiger partial charge in [-0.15, -0.1) is 0 Å². The zero-order valence-corrected chi connectivity index (χ0v) is 19.1. The summed E-state index contributed by atoms with van der Waals surface area (Å²) in [7, 11) is 1.55. The van der Waals surface area contributed by atoms with Crippen molar-refractivity contribution in [2.75, 3.05) is 13.7 Å². The molecule has 3 aromatic rings. The fraction of sp³-hybridized carbons (Fsp3) is 0.167. The molecule has 1 amide bonds. The molecule has 0 aliphatic heterocycles. The molecule has 0 saturated carbocycles. The number of nitrogens with zero attached hydrogens (tertiary/aromatic N) is 1. The van der Waals surface area contributed by atoms with Crippen LogP contribution in [0.4, 0.5) is 0 Å². The van der Waals surface area contributed by atoms with E-state index in [0.717, 1.165) is 11.1 Å². The van der Waals surface area contributed by atoms with Crippen LogP contribution >= 0.6 is 23.2 Å². The molecule has 0 unspecified atom stereocenters. The van der Waals surface area contributed by atoms with Gasteiger partial charge in [-0.1, -0.05) is 29.3 Å². The van der Waals surface area contributed by atoms with Crippen LogP contribution < -0.4 is 19.6 Å². The Bertz CT molecular complexity index is 1100. The Labute approximate surface area is 196 Å². The van der Waals surface area contributed by atoms with Crippen molar-refractivity contribution in [1.29, 1.82) is 0 Å². The van der Waals surface area contributed by atoms with Gasteiger partial charge in [0.2, 0.25) is 0 Å². The fourth-order valence-electron chi connectivity index (χ4n) is 2.77. The molecule has 3 aromatic carbocycles. The molecule has 0 bridgehead atoms. The predicted molar refractivity (Wildman–Crippen MR) is 126 cm³/mol. The van der Waals surface area contributed by atoms with Crippen molar-refractivity contribution in [2.45, 2.75) is 13.5 Å². The third kappa shape index (κ3) is 6.39. The highest BCUT2D eigenvalue weighted by molar-refractivity contribution is 6.42. The molecule has 8 heteroatoms. The van der Waals surface area contributed by atoms with Crippen LogP contribution in [-0.2, 0) is 6.61 Å². The van der Waals surface area contributed by atoms with Gasteiger partial charge in [0, 0.05) is 5.56 Å². The first-order valence-corrected chi connectivity index (χ1v) is 10.6. The van der Waals surface area contributed by atoms with E-state index in [4.69, 9.17) is 37.4 Å². The predicted octanol–water partition coefficient (Wildman–Crippen LogP) is 5.74. The van der Waals surface area contributed by atoms with Gasteiger partial charge in [-0.2, -0.15) is 5.10 Å². The molecule has 0 heterocycles. The Kier molecular flexibility index (Phi) is 8.36. The first-order chi connectivity index (χ1) is 15.5. The molecular weight excluding hydrogens is 451 g/mol. The second-order valence-corrected chi connectivity index (χ2v) is 7.42.